The number of nitrogens with zero attached hydrogens (tertiary/aromatic N) is 4. The van der Waals surface area contributed by atoms with Gasteiger partial charge in [0.05, 0.1) is 11.1 Å². The highest BCUT2D eigenvalue weighted by molar-refractivity contribution is 5.55. The molecule has 0 saturated heterocycles. The Morgan fingerprint density at radius 1 is 0.533 bits per heavy atom. The molecule has 0 aliphatic heterocycles. The Labute approximate surface area is 166 Å². The van der Waals surface area contributed by atoms with E-state index in [0.29, 0.717) is 23.0 Å². The van der Waals surface area contributed by atoms with Crippen molar-refractivity contribution in [1.82, 2.24) is 19.1 Å². The van der Waals surface area contributed by atoms with E-state index in [1.54, 1.807) is 21.5 Å². The van der Waals surface area contributed by atoms with Gasteiger partial charge in [-0.05, 0) is 48.5 Å². The summed E-state index contributed by atoms with van der Waals surface area (Å²) >= 11 is 0. The fourth-order valence-electron chi connectivity index (χ4n) is 2.98. The first-order valence-corrected chi connectivity index (χ1v) is 8.57. The topological polar surface area (TPSA) is 35.6 Å². The number of halogens is 6. The average molecular weight is 422 g/mol. The van der Waals surface area contributed by atoms with E-state index in [1.165, 1.54) is 36.7 Å². The molecule has 0 spiro atoms. The van der Waals surface area contributed by atoms with Crippen molar-refractivity contribution in [3.63, 3.8) is 0 Å². The summed E-state index contributed by atoms with van der Waals surface area (Å²) in [6.07, 6.45) is -2.87. The van der Waals surface area contributed by atoms with Crippen LogP contribution in [0.2, 0.25) is 0 Å². The molecule has 0 unspecified atom stereocenters. The van der Waals surface area contributed by atoms with Crippen LogP contribution >= 0.6 is 0 Å². The number of imidazole rings is 2. The average Bonchev–Trinajstić information content (AvgIpc) is 3.36. The van der Waals surface area contributed by atoms with Crippen LogP contribution in [0.15, 0.2) is 73.3 Å². The quantitative estimate of drug-likeness (QED) is 0.394. The van der Waals surface area contributed by atoms with Crippen molar-refractivity contribution in [2.24, 2.45) is 0 Å². The smallest absolute Gasteiger partial charge is 0.297 e. The molecule has 0 radical (unpaired) electrons. The monoisotopic (exact) mass is 422 g/mol. The maximum Gasteiger partial charge on any atom is 0.416 e. The Balaban J connectivity index is 1.72. The molecule has 0 aliphatic carbocycles. The molecule has 0 amide bonds. The molecule has 2 heterocycles. The summed E-state index contributed by atoms with van der Waals surface area (Å²) in [6.45, 7) is 0. The number of aromatic nitrogens is 4. The summed E-state index contributed by atoms with van der Waals surface area (Å²) < 4.78 is 79.9. The summed E-state index contributed by atoms with van der Waals surface area (Å²) in [5.74, 6) is 0.638. The third kappa shape index (κ3) is 3.68. The molecular formula is C20H12F6N4. The van der Waals surface area contributed by atoms with E-state index in [-0.39, 0.29) is 0 Å². The van der Waals surface area contributed by atoms with Gasteiger partial charge in [0.15, 0.2) is 11.6 Å². The Morgan fingerprint density at radius 2 is 0.867 bits per heavy atom. The zero-order valence-corrected chi connectivity index (χ0v) is 15.0. The second-order valence-electron chi connectivity index (χ2n) is 6.33. The molecule has 0 fully saturated rings. The lowest BCUT2D eigenvalue weighted by atomic mass is 10.2. The molecular weight excluding hydrogens is 410 g/mol. The van der Waals surface area contributed by atoms with E-state index in [2.05, 4.69) is 9.97 Å². The maximum atomic E-state index is 12.8. The van der Waals surface area contributed by atoms with Gasteiger partial charge >= 0.3 is 12.4 Å². The van der Waals surface area contributed by atoms with Gasteiger partial charge in [-0.2, -0.15) is 26.3 Å². The van der Waals surface area contributed by atoms with Crippen LogP contribution in [0.25, 0.3) is 23.0 Å². The van der Waals surface area contributed by atoms with Gasteiger partial charge in [-0.25, -0.2) is 9.97 Å². The highest BCUT2D eigenvalue weighted by Gasteiger charge is 2.31. The van der Waals surface area contributed by atoms with E-state index in [9.17, 15) is 26.3 Å². The number of rotatable bonds is 3. The van der Waals surface area contributed by atoms with Crippen molar-refractivity contribution in [2.45, 2.75) is 12.4 Å². The molecule has 10 heteroatoms. The maximum absolute atomic E-state index is 12.8. The van der Waals surface area contributed by atoms with Crippen molar-refractivity contribution < 1.29 is 26.3 Å². The zero-order valence-electron chi connectivity index (χ0n) is 15.0. The van der Waals surface area contributed by atoms with Crippen LogP contribution < -0.4 is 0 Å². The summed E-state index contributed by atoms with van der Waals surface area (Å²) in [7, 11) is 0. The van der Waals surface area contributed by atoms with Crippen molar-refractivity contribution in [2.75, 3.05) is 0 Å². The molecule has 154 valence electrons. The molecule has 0 aliphatic rings. The van der Waals surface area contributed by atoms with Gasteiger partial charge in [-0.1, -0.05) is 0 Å². The minimum absolute atomic E-state index is 0.319. The Hall–Kier alpha value is -3.56. The van der Waals surface area contributed by atoms with E-state index >= 15 is 0 Å². The minimum Gasteiger partial charge on any atom is -0.297 e. The summed E-state index contributed by atoms with van der Waals surface area (Å²) in [5, 5.41) is 0. The molecule has 4 aromatic rings. The summed E-state index contributed by atoms with van der Waals surface area (Å²) in [4.78, 5) is 8.45. The molecule has 0 bridgehead atoms. The molecule has 0 atom stereocenters. The van der Waals surface area contributed by atoms with Gasteiger partial charge in [-0.15, -0.1) is 0 Å². The van der Waals surface area contributed by atoms with Crippen molar-refractivity contribution in [1.29, 1.82) is 0 Å². The largest absolute Gasteiger partial charge is 0.416 e. The minimum atomic E-state index is -4.45. The molecule has 4 nitrogen and oxygen atoms in total. The molecule has 0 N–H and O–H groups in total. The van der Waals surface area contributed by atoms with Gasteiger partial charge < -0.3 is 0 Å². The zero-order chi connectivity index (χ0) is 21.5. The number of benzene rings is 2. The first-order chi connectivity index (χ1) is 14.1. The van der Waals surface area contributed by atoms with E-state index < -0.39 is 23.5 Å². The molecule has 30 heavy (non-hydrogen) atoms. The fraction of sp³-hybridized carbons (Fsp3) is 0.100. The lowest BCUT2D eigenvalue weighted by Crippen LogP contribution is -2.07. The number of alkyl halides is 6. The highest BCUT2D eigenvalue weighted by atomic mass is 19.4. The first-order valence-electron chi connectivity index (χ1n) is 8.57. The van der Waals surface area contributed by atoms with Crippen LogP contribution in [0.1, 0.15) is 11.1 Å². The Bertz CT molecular complexity index is 1060. The van der Waals surface area contributed by atoms with Crippen molar-refractivity contribution in [3.05, 3.63) is 84.4 Å². The van der Waals surface area contributed by atoms with Crippen LogP contribution in [0.4, 0.5) is 26.3 Å². The first kappa shape index (κ1) is 19.7. The summed E-state index contributed by atoms with van der Waals surface area (Å²) in [5.41, 5.74) is -0.701. The Morgan fingerprint density at radius 3 is 1.17 bits per heavy atom. The highest BCUT2D eigenvalue weighted by Crippen LogP contribution is 2.32. The van der Waals surface area contributed by atoms with E-state index in [0.717, 1.165) is 24.3 Å². The second kappa shape index (κ2) is 7.05. The van der Waals surface area contributed by atoms with Crippen LogP contribution in [-0.4, -0.2) is 19.1 Å². The third-order valence-electron chi connectivity index (χ3n) is 4.43. The van der Waals surface area contributed by atoms with Crippen molar-refractivity contribution >= 4 is 0 Å². The molecule has 2 aromatic heterocycles. The lowest BCUT2D eigenvalue weighted by Gasteiger charge is -2.12. The normalized spacial score (nSPS) is 12.3. The van der Waals surface area contributed by atoms with Gasteiger partial charge in [0, 0.05) is 36.2 Å². The summed E-state index contributed by atoms with van der Waals surface area (Å²) in [6, 6.07) is 9.06. The van der Waals surface area contributed by atoms with Gasteiger partial charge in [0.1, 0.15) is 0 Å². The van der Waals surface area contributed by atoms with Crippen LogP contribution in [0.3, 0.4) is 0 Å². The fourth-order valence-corrected chi connectivity index (χ4v) is 2.98. The SMILES string of the molecule is FC(F)(F)c1ccc(-n2ccnc2-c2nccn2-c2ccc(C(F)(F)F)cc2)cc1. The van der Waals surface area contributed by atoms with Crippen LogP contribution in [0, 0.1) is 0 Å². The molecule has 4 rings (SSSR count). The Kier molecular flexibility index (Phi) is 4.64. The van der Waals surface area contributed by atoms with E-state index in [4.69, 9.17) is 0 Å². The predicted octanol–water partition coefficient (Wildman–Crippen LogP) is 5.76. The third-order valence-corrected chi connectivity index (χ3v) is 4.43. The predicted molar refractivity (Wildman–Crippen MR) is 96.1 cm³/mol. The number of hydrogen-bond acceptors (Lipinski definition) is 2. The lowest BCUT2D eigenvalue weighted by molar-refractivity contribution is -0.138. The number of hydrogen-bond donors (Lipinski definition) is 0. The van der Waals surface area contributed by atoms with Crippen LogP contribution in [-0.2, 0) is 12.4 Å². The second-order valence-corrected chi connectivity index (χ2v) is 6.33. The van der Waals surface area contributed by atoms with Gasteiger partial charge in [-0.3, -0.25) is 9.13 Å². The van der Waals surface area contributed by atoms with Gasteiger partial charge in [0.25, 0.3) is 0 Å². The van der Waals surface area contributed by atoms with Gasteiger partial charge in [0.2, 0.25) is 0 Å². The van der Waals surface area contributed by atoms with Crippen molar-refractivity contribution in [3.8, 4) is 23.0 Å². The van der Waals surface area contributed by atoms with E-state index in [1.807, 2.05) is 0 Å². The van der Waals surface area contributed by atoms with Crippen LogP contribution in [0.5, 0.6) is 0 Å². The molecule has 0 saturated carbocycles. The standard InChI is InChI=1S/C20H12F6N4/c21-19(22,23)13-1-5-15(6-2-13)29-11-9-27-17(29)18-28-10-12-30(18)16-7-3-14(4-8-16)20(24,25)26/h1-12H. The molecule has 2 aromatic carbocycles.